The van der Waals surface area contributed by atoms with Crippen LogP contribution in [0.4, 0.5) is 17.1 Å². The summed E-state index contributed by atoms with van der Waals surface area (Å²) in [6, 6.07) is 19.8. The number of anilines is 3. The van der Waals surface area contributed by atoms with Crippen molar-refractivity contribution in [3.63, 3.8) is 0 Å². The Labute approximate surface area is 218 Å². The maximum absolute atomic E-state index is 13.5. The van der Waals surface area contributed by atoms with Gasteiger partial charge in [0.05, 0.1) is 17.8 Å². The van der Waals surface area contributed by atoms with Crippen LogP contribution in [-0.2, 0) is 19.8 Å². The second kappa shape index (κ2) is 10.4. The van der Waals surface area contributed by atoms with E-state index in [1.54, 1.807) is 30.3 Å². The molecule has 0 aromatic heterocycles. The van der Waals surface area contributed by atoms with Gasteiger partial charge in [-0.25, -0.2) is 0 Å². The topological polar surface area (TPSA) is 78.5 Å². The number of nitrogens with one attached hydrogen (secondary N) is 2. The lowest BCUT2D eigenvalue weighted by Crippen LogP contribution is -2.52. The lowest BCUT2D eigenvalue weighted by molar-refractivity contribution is -0.124. The smallest absolute Gasteiger partial charge is 0.251 e. The molecule has 0 radical (unpaired) electrons. The van der Waals surface area contributed by atoms with Crippen molar-refractivity contribution < 1.29 is 14.4 Å². The first-order chi connectivity index (χ1) is 17.5. The third-order valence-corrected chi connectivity index (χ3v) is 6.64. The maximum atomic E-state index is 13.5. The standard InChI is InChI=1S/C31H33N3O3/c1-20-10-16-24(18-21(20)2)32-28(35)19-27-30(37)33-25-8-6-7-9-26(25)34(27)29(36)17-13-22-11-14-23(15-12-22)31(3,4)5/h6-18,27H,19H2,1-5H3,(H,32,35)(H,33,37). The minimum atomic E-state index is -0.984. The zero-order chi connectivity index (χ0) is 26.7. The van der Waals surface area contributed by atoms with E-state index in [1.807, 2.05) is 56.3 Å². The molecule has 3 amide bonds. The molecule has 1 aliphatic rings. The maximum Gasteiger partial charge on any atom is 0.251 e. The quantitative estimate of drug-likeness (QED) is 0.426. The van der Waals surface area contributed by atoms with Crippen LogP contribution in [0.25, 0.3) is 6.08 Å². The average molecular weight is 496 g/mol. The van der Waals surface area contributed by atoms with E-state index in [2.05, 4.69) is 31.4 Å². The molecule has 0 spiro atoms. The van der Waals surface area contributed by atoms with E-state index in [0.29, 0.717) is 17.1 Å². The number of hydrogen-bond donors (Lipinski definition) is 2. The molecule has 1 aliphatic heterocycles. The van der Waals surface area contributed by atoms with Gasteiger partial charge >= 0.3 is 0 Å². The first kappa shape index (κ1) is 25.9. The van der Waals surface area contributed by atoms with Crippen LogP contribution in [0.2, 0.25) is 0 Å². The fourth-order valence-electron chi connectivity index (χ4n) is 4.30. The average Bonchev–Trinajstić information content (AvgIpc) is 2.85. The molecule has 0 bridgehead atoms. The van der Waals surface area contributed by atoms with Gasteiger partial charge in [-0.1, -0.05) is 63.2 Å². The van der Waals surface area contributed by atoms with Gasteiger partial charge in [0.1, 0.15) is 6.04 Å². The first-order valence-corrected chi connectivity index (χ1v) is 12.4. The molecule has 37 heavy (non-hydrogen) atoms. The highest BCUT2D eigenvalue weighted by molar-refractivity contribution is 6.16. The molecule has 190 valence electrons. The van der Waals surface area contributed by atoms with Crippen molar-refractivity contribution in [3.05, 3.63) is 95.1 Å². The SMILES string of the molecule is Cc1ccc(NC(=O)CC2C(=O)Nc3ccccc3N2C(=O)C=Cc2ccc(C(C)(C)C)cc2)cc1C. The van der Waals surface area contributed by atoms with Gasteiger partial charge in [-0.3, -0.25) is 19.3 Å². The highest BCUT2D eigenvalue weighted by Crippen LogP contribution is 2.33. The van der Waals surface area contributed by atoms with E-state index >= 15 is 0 Å². The molecule has 3 aromatic rings. The van der Waals surface area contributed by atoms with Crippen molar-refractivity contribution >= 4 is 40.9 Å². The number of hydrogen-bond acceptors (Lipinski definition) is 3. The molecule has 0 saturated heterocycles. The third-order valence-electron chi connectivity index (χ3n) is 6.64. The highest BCUT2D eigenvalue weighted by atomic mass is 16.2. The van der Waals surface area contributed by atoms with Crippen LogP contribution in [-0.4, -0.2) is 23.8 Å². The Hall–Kier alpha value is -4.19. The summed E-state index contributed by atoms with van der Waals surface area (Å²) in [5, 5.41) is 5.70. The van der Waals surface area contributed by atoms with Crippen LogP contribution >= 0.6 is 0 Å². The van der Waals surface area contributed by atoms with Gasteiger partial charge in [0, 0.05) is 11.8 Å². The van der Waals surface area contributed by atoms with Crippen LogP contribution < -0.4 is 15.5 Å². The molecule has 4 rings (SSSR count). The van der Waals surface area contributed by atoms with Gasteiger partial charge in [0.25, 0.3) is 5.91 Å². The van der Waals surface area contributed by atoms with E-state index in [9.17, 15) is 14.4 Å². The molecule has 1 unspecified atom stereocenters. The van der Waals surface area contributed by atoms with Crippen molar-refractivity contribution in [2.75, 3.05) is 15.5 Å². The molecule has 1 atom stereocenters. The third kappa shape index (κ3) is 5.97. The molecule has 3 aromatic carbocycles. The van der Waals surface area contributed by atoms with E-state index in [1.165, 1.54) is 16.5 Å². The number of amides is 3. The Bertz CT molecular complexity index is 1370. The lowest BCUT2D eigenvalue weighted by atomic mass is 9.87. The molecule has 0 fully saturated rings. The number of rotatable bonds is 5. The van der Waals surface area contributed by atoms with Crippen LogP contribution in [0.15, 0.2) is 72.8 Å². The van der Waals surface area contributed by atoms with Crippen LogP contribution in [0.3, 0.4) is 0 Å². The van der Waals surface area contributed by atoms with Crippen molar-refractivity contribution in [1.29, 1.82) is 0 Å². The van der Waals surface area contributed by atoms with E-state index in [4.69, 9.17) is 0 Å². The summed E-state index contributed by atoms with van der Waals surface area (Å²) in [4.78, 5) is 40.9. The van der Waals surface area contributed by atoms with E-state index in [-0.39, 0.29) is 23.7 Å². The van der Waals surface area contributed by atoms with E-state index < -0.39 is 11.9 Å². The molecule has 1 heterocycles. The summed E-state index contributed by atoms with van der Waals surface area (Å²) in [5.74, 6) is -1.11. The molecular formula is C31H33N3O3. The summed E-state index contributed by atoms with van der Waals surface area (Å²) in [7, 11) is 0. The second-order valence-electron chi connectivity index (χ2n) is 10.5. The zero-order valence-corrected chi connectivity index (χ0v) is 22.0. The Kier molecular flexibility index (Phi) is 7.30. The number of para-hydroxylation sites is 2. The Balaban J connectivity index is 1.57. The molecule has 0 saturated carbocycles. The minimum Gasteiger partial charge on any atom is -0.326 e. The van der Waals surface area contributed by atoms with Gasteiger partial charge in [0.2, 0.25) is 11.8 Å². The second-order valence-corrected chi connectivity index (χ2v) is 10.5. The Morgan fingerprint density at radius 3 is 2.35 bits per heavy atom. The van der Waals surface area contributed by atoms with Gasteiger partial charge in [-0.2, -0.15) is 0 Å². The Morgan fingerprint density at radius 2 is 1.68 bits per heavy atom. The van der Waals surface area contributed by atoms with Crippen LogP contribution in [0.5, 0.6) is 0 Å². The summed E-state index contributed by atoms with van der Waals surface area (Å²) < 4.78 is 0. The Morgan fingerprint density at radius 1 is 0.973 bits per heavy atom. The molecule has 2 N–H and O–H groups in total. The molecule has 6 nitrogen and oxygen atoms in total. The van der Waals surface area contributed by atoms with Crippen LogP contribution in [0, 0.1) is 13.8 Å². The zero-order valence-electron chi connectivity index (χ0n) is 22.0. The number of benzene rings is 3. The number of fused-ring (bicyclic) bond motifs is 1. The number of carbonyl (C=O) groups excluding carboxylic acids is 3. The monoisotopic (exact) mass is 495 g/mol. The largest absolute Gasteiger partial charge is 0.326 e. The van der Waals surface area contributed by atoms with Crippen LogP contribution in [0.1, 0.15) is 49.4 Å². The minimum absolute atomic E-state index is 0.0357. The van der Waals surface area contributed by atoms with Crippen molar-refractivity contribution in [1.82, 2.24) is 0 Å². The van der Waals surface area contributed by atoms with E-state index in [0.717, 1.165) is 16.7 Å². The summed E-state index contributed by atoms with van der Waals surface area (Å²) in [6.45, 7) is 10.4. The summed E-state index contributed by atoms with van der Waals surface area (Å²) in [5.41, 5.74) is 6.04. The molecule has 0 aliphatic carbocycles. The fraction of sp³-hybridized carbons (Fsp3) is 0.258. The number of nitrogens with zero attached hydrogens (tertiary/aromatic N) is 1. The summed E-state index contributed by atoms with van der Waals surface area (Å²) in [6.07, 6.45) is 3.01. The number of aryl methyl sites for hydroxylation is 2. The van der Waals surface area contributed by atoms with Crippen molar-refractivity contribution in [2.45, 2.75) is 52.5 Å². The summed E-state index contributed by atoms with van der Waals surface area (Å²) >= 11 is 0. The van der Waals surface area contributed by atoms with Gasteiger partial charge in [0.15, 0.2) is 0 Å². The fourth-order valence-corrected chi connectivity index (χ4v) is 4.30. The van der Waals surface area contributed by atoms with Gasteiger partial charge < -0.3 is 10.6 Å². The highest BCUT2D eigenvalue weighted by Gasteiger charge is 2.37. The predicted octanol–water partition coefficient (Wildman–Crippen LogP) is 6.00. The number of carbonyl (C=O) groups is 3. The van der Waals surface area contributed by atoms with Gasteiger partial charge in [-0.15, -0.1) is 0 Å². The molecular weight excluding hydrogens is 462 g/mol. The lowest BCUT2D eigenvalue weighted by Gasteiger charge is -2.35. The van der Waals surface area contributed by atoms with Crippen molar-refractivity contribution in [3.8, 4) is 0 Å². The molecule has 6 heteroatoms. The van der Waals surface area contributed by atoms with Crippen molar-refractivity contribution in [2.24, 2.45) is 0 Å². The van der Waals surface area contributed by atoms with Gasteiger partial charge in [-0.05, 0) is 71.9 Å². The first-order valence-electron chi connectivity index (χ1n) is 12.4. The predicted molar refractivity (Wildman–Crippen MR) is 150 cm³/mol. The normalized spacial score (nSPS) is 15.3.